The average Bonchev–Trinajstić information content (AvgIpc) is 2.99. The summed E-state index contributed by atoms with van der Waals surface area (Å²) in [6.07, 6.45) is 1.85. The second-order valence-electron chi connectivity index (χ2n) is 4.27. The molecule has 0 aromatic carbocycles. The van der Waals surface area contributed by atoms with Gasteiger partial charge in [0, 0.05) is 20.2 Å². The number of halogens is 1. The van der Waals surface area contributed by atoms with Gasteiger partial charge in [-0.2, -0.15) is 4.31 Å². The monoisotopic (exact) mass is 293 g/mol. The minimum absolute atomic E-state index is 0.0211. The first-order chi connectivity index (χ1) is 8.54. The topological polar surface area (TPSA) is 59.8 Å². The Morgan fingerprint density at radius 3 is 2.83 bits per heavy atom. The fraction of sp³-hybridized carbons (Fsp3) is 0.636. The summed E-state index contributed by atoms with van der Waals surface area (Å²) in [5.41, 5.74) is 0. The molecule has 1 fully saturated rings. The zero-order chi connectivity index (χ0) is 13.2. The third-order valence-electron chi connectivity index (χ3n) is 2.92. The van der Waals surface area contributed by atoms with Crippen LogP contribution in [0.25, 0.3) is 0 Å². The predicted molar refractivity (Wildman–Crippen MR) is 67.1 cm³/mol. The van der Waals surface area contributed by atoms with Crippen LogP contribution in [-0.4, -0.2) is 39.0 Å². The second kappa shape index (κ2) is 5.61. The number of likely N-dealkylation sites (N-methyl/N-ethyl adjacent to an activating group) is 1. The molecule has 1 aromatic rings. The predicted octanol–water partition coefficient (Wildman–Crippen LogP) is 1.82. The Morgan fingerprint density at radius 1 is 1.50 bits per heavy atom. The van der Waals surface area contributed by atoms with E-state index in [-0.39, 0.29) is 17.1 Å². The highest BCUT2D eigenvalue weighted by molar-refractivity contribution is 7.89. The van der Waals surface area contributed by atoms with Gasteiger partial charge in [0.1, 0.15) is 5.76 Å². The van der Waals surface area contributed by atoms with E-state index in [9.17, 15) is 8.42 Å². The van der Waals surface area contributed by atoms with Gasteiger partial charge in [0.25, 0.3) is 10.0 Å². The zero-order valence-electron chi connectivity index (χ0n) is 10.1. The number of hydrogen-bond acceptors (Lipinski definition) is 4. The largest absolute Gasteiger partial charge is 0.447 e. The summed E-state index contributed by atoms with van der Waals surface area (Å²) >= 11 is 5.59. The molecule has 0 N–H and O–H groups in total. The number of sulfonamides is 1. The van der Waals surface area contributed by atoms with Crippen LogP contribution in [0.1, 0.15) is 18.6 Å². The van der Waals surface area contributed by atoms with Crippen molar-refractivity contribution in [3.8, 4) is 0 Å². The SMILES string of the molecule is CN(CC1CCCO1)S(=O)(=O)c1ccc(CCl)o1. The number of nitrogens with zero attached hydrogens (tertiary/aromatic N) is 1. The van der Waals surface area contributed by atoms with Crippen molar-refractivity contribution in [2.75, 3.05) is 20.2 Å². The van der Waals surface area contributed by atoms with E-state index >= 15 is 0 Å². The molecular formula is C11H16ClNO4S. The Balaban J connectivity index is 2.09. The van der Waals surface area contributed by atoms with Crippen LogP contribution in [0.2, 0.25) is 0 Å². The van der Waals surface area contributed by atoms with E-state index in [2.05, 4.69) is 0 Å². The van der Waals surface area contributed by atoms with Gasteiger partial charge in [-0.25, -0.2) is 8.42 Å². The summed E-state index contributed by atoms with van der Waals surface area (Å²) in [5, 5.41) is -0.0707. The van der Waals surface area contributed by atoms with Gasteiger partial charge in [-0.05, 0) is 25.0 Å². The van der Waals surface area contributed by atoms with E-state index < -0.39 is 10.0 Å². The molecule has 0 amide bonds. The minimum atomic E-state index is -3.59. The van der Waals surface area contributed by atoms with Crippen LogP contribution < -0.4 is 0 Å². The number of alkyl halides is 1. The number of furan rings is 1. The molecule has 0 radical (unpaired) electrons. The lowest BCUT2D eigenvalue weighted by molar-refractivity contribution is 0.0976. The van der Waals surface area contributed by atoms with E-state index in [1.54, 1.807) is 6.07 Å². The maximum absolute atomic E-state index is 12.2. The first kappa shape index (κ1) is 13.9. The van der Waals surface area contributed by atoms with Crippen molar-refractivity contribution in [1.29, 1.82) is 0 Å². The first-order valence-electron chi connectivity index (χ1n) is 5.76. The van der Waals surface area contributed by atoms with Crippen molar-refractivity contribution in [2.24, 2.45) is 0 Å². The minimum Gasteiger partial charge on any atom is -0.447 e. The van der Waals surface area contributed by atoms with Crippen molar-refractivity contribution in [1.82, 2.24) is 4.31 Å². The highest BCUT2D eigenvalue weighted by atomic mass is 35.5. The first-order valence-corrected chi connectivity index (χ1v) is 7.74. The van der Waals surface area contributed by atoms with Crippen LogP contribution in [0.15, 0.2) is 21.6 Å². The molecule has 0 spiro atoms. The molecule has 0 aliphatic carbocycles. The Bertz CT molecular complexity index is 493. The number of hydrogen-bond donors (Lipinski definition) is 0. The van der Waals surface area contributed by atoms with Crippen LogP contribution >= 0.6 is 11.6 Å². The molecule has 1 atom stereocenters. The smallest absolute Gasteiger partial charge is 0.276 e. The van der Waals surface area contributed by atoms with Gasteiger partial charge in [-0.3, -0.25) is 0 Å². The molecular weight excluding hydrogens is 278 g/mol. The lowest BCUT2D eigenvalue weighted by Crippen LogP contribution is -2.33. The van der Waals surface area contributed by atoms with E-state index in [4.69, 9.17) is 20.8 Å². The molecule has 5 nitrogen and oxygen atoms in total. The van der Waals surface area contributed by atoms with Gasteiger partial charge in [0.2, 0.25) is 5.09 Å². The van der Waals surface area contributed by atoms with E-state index in [0.29, 0.717) is 18.9 Å². The molecule has 0 bridgehead atoms. The fourth-order valence-corrected chi connectivity index (χ4v) is 3.16. The standard InChI is InChI=1S/C11H16ClNO4S/c1-13(8-10-3-2-6-16-10)18(14,15)11-5-4-9(7-12)17-11/h4-5,10H,2-3,6-8H2,1H3. The molecule has 1 unspecified atom stereocenters. The summed E-state index contributed by atoms with van der Waals surface area (Å²) in [5.74, 6) is 0.603. The summed E-state index contributed by atoms with van der Waals surface area (Å²) in [6, 6.07) is 3.00. The second-order valence-corrected chi connectivity index (χ2v) is 6.52. The number of rotatable bonds is 5. The van der Waals surface area contributed by atoms with Crippen molar-refractivity contribution in [3.63, 3.8) is 0 Å². The molecule has 1 aliphatic heterocycles. The molecule has 2 rings (SSSR count). The van der Waals surface area contributed by atoms with Crippen LogP contribution in [0.4, 0.5) is 0 Å². The Hall–Kier alpha value is -0.560. The van der Waals surface area contributed by atoms with Gasteiger partial charge in [0.15, 0.2) is 0 Å². The van der Waals surface area contributed by atoms with Gasteiger partial charge in [-0.15, -0.1) is 11.6 Å². The molecule has 0 saturated carbocycles. The highest BCUT2D eigenvalue weighted by Crippen LogP contribution is 2.21. The summed E-state index contributed by atoms with van der Waals surface area (Å²) < 4.78 is 36.2. The fourth-order valence-electron chi connectivity index (χ4n) is 1.90. The van der Waals surface area contributed by atoms with Crippen molar-refractivity contribution in [2.45, 2.75) is 29.9 Å². The molecule has 2 heterocycles. The Morgan fingerprint density at radius 2 is 2.28 bits per heavy atom. The molecule has 7 heteroatoms. The summed E-state index contributed by atoms with van der Waals surface area (Å²) in [7, 11) is -2.06. The molecule has 102 valence electrons. The van der Waals surface area contributed by atoms with Crippen LogP contribution in [0.5, 0.6) is 0 Å². The van der Waals surface area contributed by atoms with Crippen LogP contribution in [0, 0.1) is 0 Å². The van der Waals surface area contributed by atoms with E-state index in [1.807, 2.05) is 0 Å². The van der Waals surface area contributed by atoms with Gasteiger partial charge < -0.3 is 9.15 Å². The summed E-state index contributed by atoms with van der Waals surface area (Å²) in [4.78, 5) is 0. The quantitative estimate of drug-likeness (QED) is 0.777. The third-order valence-corrected chi connectivity index (χ3v) is 4.88. The van der Waals surface area contributed by atoms with Crippen molar-refractivity contribution < 1.29 is 17.6 Å². The normalized spacial score (nSPS) is 20.7. The van der Waals surface area contributed by atoms with Crippen LogP contribution in [-0.2, 0) is 20.6 Å². The van der Waals surface area contributed by atoms with Crippen LogP contribution in [0.3, 0.4) is 0 Å². The maximum Gasteiger partial charge on any atom is 0.276 e. The van der Waals surface area contributed by atoms with Crippen molar-refractivity contribution >= 4 is 21.6 Å². The zero-order valence-corrected chi connectivity index (χ0v) is 11.7. The van der Waals surface area contributed by atoms with Crippen molar-refractivity contribution in [3.05, 3.63) is 17.9 Å². The van der Waals surface area contributed by atoms with E-state index in [0.717, 1.165) is 12.8 Å². The molecule has 1 saturated heterocycles. The van der Waals surface area contributed by atoms with Gasteiger partial charge in [-0.1, -0.05) is 0 Å². The number of ether oxygens (including phenoxy) is 1. The average molecular weight is 294 g/mol. The van der Waals surface area contributed by atoms with E-state index in [1.165, 1.54) is 17.4 Å². The molecule has 1 aliphatic rings. The lowest BCUT2D eigenvalue weighted by Gasteiger charge is -2.19. The van der Waals surface area contributed by atoms with Gasteiger partial charge in [0.05, 0.1) is 12.0 Å². The molecule has 1 aromatic heterocycles. The third kappa shape index (κ3) is 2.88. The van der Waals surface area contributed by atoms with Gasteiger partial charge >= 0.3 is 0 Å². The highest BCUT2D eigenvalue weighted by Gasteiger charge is 2.28. The Kier molecular flexibility index (Phi) is 4.32. The lowest BCUT2D eigenvalue weighted by atomic mass is 10.2. The Labute approximate surface area is 112 Å². The summed E-state index contributed by atoms with van der Waals surface area (Å²) in [6.45, 7) is 1.05. The molecule has 18 heavy (non-hydrogen) atoms. The maximum atomic E-state index is 12.2.